The molecule has 3 N–H and O–H groups in total. The molecular formula is C22H22ClF4N3O8S. The van der Waals surface area contributed by atoms with Crippen molar-refractivity contribution in [2.45, 2.75) is 18.0 Å². The number of hydrogen-bond acceptors (Lipinski definition) is 7. The highest BCUT2D eigenvalue weighted by molar-refractivity contribution is 7.92. The van der Waals surface area contributed by atoms with Gasteiger partial charge in [0.05, 0.1) is 22.9 Å². The van der Waals surface area contributed by atoms with Crippen molar-refractivity contribution >= 4 is 51.0 Å². The van der Waals surface area contributed by atoms with E-state index in [0.29, 0.717) is 31.9 Å². The average Bonchev–Trinajstić information content (AvgIpc) is 2.83. The van der Waals surface area contributed by atoms with Crippen molar-refractivity contribution in [2.75, 3.05) is 42.4 Å². The molecule has 17 heteroatoms. The molecule has 0 saturated carbocycles. The molecule has 0 unspecified atom stereocenters. The van der Waals surface area contributed by atoms with E-state index < -0.39 is 40.0 Å². The zero-order valence-corrected chi connectivity index (χ0v) is 21.6. The Labute approximate surface area is 224 Å². The number of amides is 1. The Balaban J connectivity index is 0.000000673. The van der Waals surface area contributed by atoms with Crippen LogP contribution in [0.25, 0.3) is 0 Å². The SMILES string of the molecule is CCOC(=O)N1CCN(c2ccc(NS(=O)(=O)c3ccc(F)cc3Cl)c(C(=O)O)c2)CC1.O=C(O)C(F)(F)F. The Hall–Kier alpha value is -3.79. The van der Waals surface area contributed by atoms with Gasteiger partial charge in [0.25, 0.3) is 10.0 Å². The van der Waals surface area contributed by atoms with Crippen LogP contribution in [-0.2, 0) is 19.6 Å². The number of aromatic carboxylic acids is 1. The van der Waals surface area contributed by atoms with Crippen LogP contribution in [0.5, 0.6) is 0 Å². The molecule has 0 spiro atoms. The molecule has 0 aromatic heterocycles. The number of carboxylic acid groups (broad SMARTS) is 2. The van der Waals surface area contributed by atoms with Crippen molar-refractivity contribution in [3.05, 3.63) is 52.8 Å². The van der Waals surface area contributed by atoms with Gasteiger partial charge in [-0.15, -0.1) is 0 Å². The highest BCUT2D eigenvalue weighted by Crippen LogP contribution is 2.29. The normalized spacial score (nSPS) is 13.7. The fourth-order valence-electron chi connectivity index (χ4n) is 3.25. The summed E-state index contributed by atoms with van der Waals surface area (Å²) in [5.41, 5.74) is 0.137. The number of aliphatic carboxylic acids is 1. The molecule has 1 amide bonds. The number of carboxylic acids is 2. The summed E-state index contributed by atoms with van der Waals surface area (Å²) in [6.07, 6.45) is -5.48. The quantitative estimate of drug-likeness (QED) is 0.420. The van der Waals surface area contributed by atoms with E-state index in [4.69, 9.17) is 26.2 Å². The predicted molar refractivity (Wildman–Crippen MR) is 130 cm³/mol. The zero-order valence-electron chi connectivity index (χ0n) is 20.0. The van der Waals surface area contributed by atoms with E-state index in [0.717, 1.165) is 18.2 Å². The molecule has 11 nitrogen and oxygen atoms in total. The van der Waals surface area contributed by atoms with Crippen LogP contribution in [0.4, 0.5) is 33.7 Å². The van der Waals surface area contributed by atoms with Gasteiger partial charge in [-0.2, -0.15) is 13.2 Å². The Kier molecular flexibility index (Phi) is 10.3. The molecule has 2 aromatic rings. The minimum Gasteiger partial charge on any atom is -0.478 e. The molecule has 3 rings (SSSR count). The molecule has 214 valence electrons. The molecule has 1 fully saturated rings. The van der Waals surface area contributed by atoms with Gasteiger partial charge >= 0.3 is 24.2 Å². The van der Waals surface area contributed by atoms with Gasteiger partial charge in [0.15, 0.2) is 0 Å². The van der Waals surface area contributed by atoms with Gasteiger partial charge in [0.2, 0.25) is 0 Å². The van der Waals surface area contributed by atoms with Crippen molar-refractivity contribution in [1.29, 1.82) is 0 Å². The number of carbonyl (C=O) groups is 3. The molecule has 1 aliphatic heterocycles. The summed E-state index contributed by atoms with van der Waals surface area (Å²) < 4.78 is 77.5. The van der Waals surface area contributed by atoms with E-state index in [1.165, 1.54) is 12.1 Å². The predicted octanol–water partition coefficient (Wildman–Crippen LogP) is 3.89. The molecule has 0 bridgehead atoms. The number of alkyl halides is 3. The minimum atomic E-state index is -5.08. The standard InChI is InChI=1S/C20H21ClFN3O6S.C2HF3O2/c1-2-31-20(28)25-9-7-24(8-10-25)14-4-5-17(15(12-14)19(26)27)23-32(29,30)18-6-3-13(22)11-16(18)21;3-2(4,5)1(6)7/h3-6,11-12,23H,2,7-10H2,1H3,(H,26,27);(H,6,7). The lowest BCUT2D eigenvalue weighted by atomic mass is 10.1. The molecule has 2 aromatic carbocycles. The van der Waals surface area contributed by atoms with Gasteiger partial charge < -0.3 is 24.7 Å². The maximum Gasteiger partial charge on any atom is 0.490 e. The number of rotatable bonds is 6. The average molecular weight is 600 g/mol. The molecule has 1 heterocycles. The van der Waals surface area contributed by atoms with Gasteiger partial charge in [0.1, 0.15) is 10.7 Å². The van der Waals surface area contributed by atoms with Crippen LogP contribution < -0.4 is 9.62 Å². The van der Waals surface area contributed by atoms with Crippen molar-refractivity contribution in [3.8, 4) is 0 Å². The fourth-order valence-corrected chi connectivity index (χ4v) is 4.86. The number of halogens is 5. The monoisotopic (exact) mass is 599 g/mol. The van der Waals surface area contributed by atoms with E-state index >= 15 is 0 Å². The van der Waals surface area contributed by atoms with Crippen LogP contribution in [0.2, 0.25) is 5.02 Å². The fraction of sp³-hybridized carbons (Fsp3) is 0.318. The van der Waals surface area contributed by atoms with Gasteiger partial charge in [-0.1, -0.05) is 11.6 Å². The largest absolute Gasteiger partial charge is 0.490 e. The number of anilines is 2. The topological polar surface area (TPSA) is 154 Å². The molecule has 1 saturated heterocycles. The third-order valence-corrected chi connectivity index (χ3v) is 6.92. The molecule has 0 atom stereocenters. The summed E-state index contributed by atoms with van der Waals surface area (Å²) in [6.45, 7) is 3.71. The number of ether oxygens (including phenoxy) is 1. The lowest BCUT2D eigenvalue weighted by Gasteiger charge is -2.35. The third kappa shape index (κ3) is 8.61. The highest BCUT2D eigenvalue weighted by atomic mass is 35.5. The number of sulfonamides is 1. The number of nitrogens with one attached hydrogen (secondary N) is 1. The van der Waals surface area contributed by atoms with Crippen LogP contribution in [0, 0.1) is 5.82 Å². The van der Waals surface area contributed by atoms with Crippen LogP contribution in [0.1, 0.15) is 17.3 Å². The lowest BCUT2D eigenvalue weighted by Crippen LogP contribution is -2.49. The molecule has 0 radical (unpaired) electrons. The maximum atomic E-state index is 13.2. The summed E-state index contributed by atoms with van der Waals surface area (Å²) in [6, 6.07) is 7.07. The Bertz CT molecular complexity index is 1330. The number of hydrogen-bond donors (Lipinski definition) is 3. The van der Waals surface area contributed by atoms with Gasteiger partial charge in [0, 0.05) is 31.9 Å². The van der Waals surface area contributed by atoms with E-state index in [1.807, 2.05) is 4.90 Å². The summed E-state index contributed by atoms with van der Waals surface area (Å²) in [5, 5.41) is 16.4. The maximum absolute atomic E-state index is 13.2. The molecule has 1 aliphatic rings. The zero-order chi connectivity index (χ0) is 29.5. The Morgan fingerprint density at radius 2 is 1.64 bits per heavy atom. The number of nitrogens with zero attached hydrogens (tertiary/aromatic N) is 2. The highest BCUT2D eigenvalue weighted by Gasteiger charge is 2.38. The summed E-state index contributed by atoms with van der Waals surface area (Å²) >= 11 is 5.84. The van der Waals surface area contributed by atoms with Crippen LogP contribution in [0.15, 0.2) is 41.3 Å². The number of piperazine rings is 1. The second-order valence-electron chi connectivity index (χ2n) is 7.69. The first-order chi connectivity index (χ1) is 18.1. The van der Waals surface area contributed by atoms with Gasteiger partial charge in [-0.05, 0) is 43.3 Å². The Morgan fingerprint density at radius 1 is 1.05 bits per heavy atom. The van der Waals surface area contributed by atoms with Crippen molar-refractivity contribution < 1.29 is 55.3 Å². The van der Waals surface area contributed by atoms with Crippen LogP contribution in [-0.4, -0.2) is 80.5 Å². The lowest BCUT2D eigenvalue weighted by molar-refractivity contribution is -0.192. The first kappa shape index (κ1) is 31.4. The minimum absolute atomic E-state index is 0.160. The molecule has 39 heavy (non-hydrogen) atoms. The van der Waals surface area contributed by atoms with E-state index in [9.17, 15) is 40.7 Å². The van der Waals surface area contributed by atoms with Crippen molar-refractivity contribution in [2.24, 2.45) is 0 Å². The Morgan fingerprint density at radius 3 is 2.13 bits per heavy atom. The number of carbonyl (C=O) groups excluding carboxylic acids is 1. The van der Waals surface area contributed by atoms with Crippen molar-refractivity contribution in [3.63, 3.8) is 0 Å². The van der Waals surface area contributed by atoms with E-state index in [2.05, 4.69) is 4.72 Å². The number of benzene rings is 2. The van der Waals surface area contributed by atoms with Gasteiger partial charge in [-0.25, -0.2) is 27.2 Å². The third-order valence-electron chi connectivity index (χ3n) is 5.07. The first-order valence-electron chi connectivity index (χ1n) is 10.9. The first-order valence-corrected chi connectivity index (χ1v) is 12.7. The molecule has 0 aliphatic carbocycles. The second-order valence-corrected chi connectivity index (χ2v) is 9.75. The smallest absolute Gasteiger partial charge is 0.478 e. The summed E-state index contributed by atoms with van der Waals surface area (Å²) in [5.74, 6) is -4.79. The van der Waals surface area contributed by atoms with Gasteiger partial charge in [-0.3, -0.25) is 4.72 Å². The van der Waals surface area contributed by atoms with Crippen LogP contribution >= 0.6 is 11.6 Å². The summed E-state index contributed by atoms with van der Waals surface area (Å²) in [4.78, 5) is 35.6. The van der Waals surface area contributed by atoms with Crippen LogP contribution in [0.3, 0.4) is 0 Å². The van der Waals surface area contributed by atoms with E-state index in [-0.39, 0.29) is 27.8 Å². The molecular weight excluding hydrogens is 578 g/mol. The van der Waals surface area contributed by atoms with Crippen molar-refractivity contribution in [1.82, 2.24) is 4.90 Å². The summed E-state index contributed by atoms with van der Waals surface area (Å²) in [7, 11) is -4.26. The van der Waals surface area contributed by atoms with E-state index in [1.54, 1.807) is 17.9 Å². The second kappa shape index (κ2) is 12.8.